The molecular formula is C26H36N5S+. The standard InChI is InChI=1S/C26H36N5S/c1-3-19-15-21(30-11-5-7-27-9-13-30)17-23-25(19)29-26-20(4-2)16-22(18-24(26)32-23)31-12-6-8-28-10-14-31/h15-18,27-28H,3-14H2,1-2H3/q+1. The second-order valence-electron chi connectivity index (χ2n) is 9.01. The minimum absolute atomic E-state index is 1.02. The maximum absolute atomic E-state index is 5.28. The third kappa shape index (κ3) is 4.41. The lowest BCUT2D eigenvalue weighted by Gasteiger charge is -2.24. The van der Waals surface area contributed by atoms with Crippen molar-refractivity contribution in [1.29, 1.82) is 0 Å². The zero-order chi connectivity index (χ0) is 21.9. The molecule has 170 valence electrons. The summed E-state index contributed by atoms with van der Waals surface area (Å²) in [5.41, 5.74) is 6.50. The maximum atomic E-state index is 5.28. The van der Waals surface area contributed by atoms with Crippen LogP contribution >= 0.6 is 11.3 Å². The maximum Gasteiger partial charge on any atom is 0.201 e. The molecule has 0 unspecified atom stereocenters. The number of nitrogens with zero attached hydrogens (tertiary/aromatic N) is 3. The van der Waals surface area contributed by atoms with Crippen molar-refractivity contribution in [2.75, 3.05) is 57.3 Å². The minimum atomic E-state index is 1.02. The Bertz CT molecular complexity index is 1120. The van der Waals surface area contributed by atoms with Crippen LogP contribution in [0.25, 0.3) is 20.8 Å². The van der Waals surface area contributed by atoms with Crippen LogP contribution in [0.2, 0.25) is 0 Å². The summed E-state index contributed by atoms with van der Waals surface area (Å²) in [5.74, 6) is 0. The van der Waals surface area contributed by atoms with Gasteiger partial charge in [-0.3, -0.25) is 0 Å². The molecule has 0 atom stereocenters. The molecule has 0 aromatic heterocycles. The van der Waals surface area contributed by atoms with E-state index in [9.17, 15) is 0 Å². The monoisotopic (exact) mass is 450 g/mol. The summed E-state index contributed by atoms with van der Waals surface area (Å²) >= 11 is 1.93. The summed E-state index contributed by atoms with van der Waals surface area (Å²) in [6.45, 7) is 13.3. The van der Waals surface area contributed by atoms with E-state index in [4.69, 9.17) is 4.98 Å². The van der Waals surface area contributed by atoms with Gasteiger partial charge < -0.3 is 15.5 Å². The van der Waals surface area contributed by atoms with Gasteiger partial charge in [-0.25, -0.2) is 9.56 Å². The Morgan fingerprint density at radius 3 is 2.62 bits per heavy atom. The van der Waals surface area contributed by atoms with Gasteiger partial charge in [-0.15, -0.1) is 11.3 Å². The highest BCUT2D eigenvalue weighted by molar-refractivity contribution is 7.21. The Morgan fingerprint density at radius 2 is 1.75 bits per heavy atom. The first kappa shape index (κ1) is 21.8. The van der Waals surface area contributed by atoms with Crippen LogP contribution < -0.4 is 25.5 Å². The molecule has 5 rings (SSSR count). The second kappa shape index (κ2) is 9.86. The molecule has 5 nitrogen and oxygen atoms in total. The summed E-state index contributed by atoms with van der Waals surface area (Å²) in [5, 5.41) is 8.42. The SMILES string of the molecule is CCc1cc(=[N+]2CCCNCC2)cc2sc3cc(N4CCCNCC4)cc(CC)c3nc1-2. The summed E-state index contributed by atoms with van der Waals surface area (Å²) in [4.78, 5) is 9.15. The number of anilines is 1. The third-order valence-electron chi connectivity index (χ3n) is 6.89. The summed E-state index contributed by atoms with van der Waals surface area (Å²) in [6.07, 6.45) is 4.43. The zero-order valence-electron chi connectivity index (χ0n) is 19.5. The lowest BCUT2D eigenvalue weighted by molar-refractivity contribution is 0.598. The average molecular weight is 451 g/mol. The first-order chi connectivity index (χ1) is 15.8. The van der Waals surface area contributed by atoms with Crippen LogP contribution in [-0.2, 0) is 12.8 Å². The normalized spacial score (nSPS) is 19.9. The summed E-state index contributed by atoms with van der Waals surface area (Å²) in [7, 11) is 0. The fraction of sp³-hybridized carbons (Fsp3) is 0.538. The molecule has 32 heavy (non-hydrogen) atoms. The van der Waals surface area contributed by atoms with Crippen molar-refractivity contribution >= 4 is 27.2 Å². The fourth-order valence-corrected chi connectivity index (χ4v) is 6.19. The van der Waals surface area contributed by atoms with E-state index in [0.29, 0.717) is 0 Å². The van der Waals surface area contributed by atoms with Crippen molar-refractivity contribution in [2.45, 2.75) is 39.5 Å². The number of fused-ring (bicyclic) bond motifs is 2. The van der Waals surface area contributed by atoms with E-state index in [1.54, 1.807) is 0 Å². The Labute approximate surface area is 195 Å². The van der Waals surface area contributed by atoms with Gasteiger partial charge in [-0.2, -0.15) is 0 Å². The molecule has 0 radical (unpaired) electrons. The van der Waals surface area contributed by atoms with Crippen molar-refractivity contribution in [2.24, 2.45) is 0 Å². The highest BCUT2D eigenvalue weighted by Crippen LogP contribution is 2.36. The van der Waals surface area contributed by atoms with E-state index >= 15 is 0 Å². The Kier molecular flexibility index (Phi) is 6.72. The molecule has 2 N–H and O–H groups in total. The van der Waals surface area contributed by atoms with Gasteiger partial charge >= 0.3 is 0 Å². The van der Waals surface area contributed by atoms with E-state index < -0.39 is 0 Å². The molecule has 1 aromatic carbocycles. The van der Waals surface area contributed by atoms with Crippen molar-refractivity contribution in [3.05, 3.63) is 40.7 Å². The molecule has 6 heteroatoms. The van der Waals surface area contributed by atoms with Gasteiger partial charge in [0.1, 0.15) is 6.54 Å². The van der Waals surface area contributed by atoms with Gasteiger partial charge in [-0.1, -0.05) is 13.8 Å². The van der Waals surface area contributed by atoms with Gasteiger partial charge in [0.15, 0.2) is 6.54 Å². The molecule has 0 bridgehead atoms. The van der Waals surface area contributed by atoms with Crippen molar-refractivity contribution < 1.29 is 0 Å². The average Bonchev–Trinajstić information content (AvgIpc) is 3.27. The van der Waals surface area contributed by atoms with E-state index in [0.717, 1.165) is 65.2 Å². The minimum Gasteiger partial charge on any atom is -0.370 e. The zero-order valence-corrected chi connectivity index (χ0v) is 20.4. The van der Waals surface area contributed by atoms with E-state index in [1.807, 2.05) is 11.3 Å². The highest BCUT2D eigenvalue weighted by atomic mass is 32.1. The van der Waals surface area contributed by atoms with Crippen LogP contribution in [-0.4, -0.2) is 57.3 Å². The predicted octanol–water partition coefficient (Wildman–Crippen LogP) is 3.09. The first-order valence-corrected chi connectivity index (χ1v) is 13.2. The van der Waals surface area contributed by atoms with Crippen LogP contribution in [0.4, 0.5) is 5.69 Å². The van der Waals surface area contributed by atoms with Crippen LogP contribution in [0.15, 0.2) is 24.3 Å². The molecule has 2 saturated heterocycles. The quantitative estimate of drug-likeness (QED) is 0.475. The molecular weight excluding hydrogens is 414 g/mol. The topological polar surface area (TPSA) is 43.2 Å². The number of hydrogen-bond donors (Lipinski definition) is 2. The van der Waals surface area contributed by atoms with Crippen LogP contribution in [0.3, 0.4) is 0 Å². The van der Waals surface area contributed by atoms with Crippen LogP contribution in [0.5, 0.6) is 0 Å². The number of nitrogens with one attached hydrogen (secondary N) is 2. The molecule has 0 saturated carbocycles. The summed E-state index contributed by atoms with van der Waals surface area (Å²) in [6, 6.07) is 9.57. The third-order valence-corrected chi connectivity index (χ3v) is 7.96. The van der Waals surface area contributed by atoms with Gasteiger partial charge in [0, 0.05) is 50.4 Å². The second-order valence-corrected chi connectivity index (χ2v) is 10.1. The number of rotatable bonds is 3. The Hall–Kier alpha value is -2.02. The number of aromatic nitrogens is 1. The summed E-state index contributed by atoms with van der Waals surface area (Å²) < 4.78 is 3.87. The fourth-order valence-electron chi connectivity index (χ4n) is 5.05. The van der Waals surface area contributed by atoms with E-state index in [2.05, 4.69) is 58.2 Å². The molecule has 4 aliphatic rings. The van der Waals surface area contributed by atoms with Crippen LogP contribution in [0, 0.1) is 0 Å². The molecule has 2 fully saturated rings. The Balaban J connectivity index is 1.68. The predicted molar refractivity (Wildman–Crippen MR) is 137 cm³/mol. The van der Waals surface area contributed by atoms with E-state index in [-0.39, 0.29) is 0 Å². The van der Waals surface area contributed by atoms with Gasteiger partial charge in [0.05, 0.1) is 27.3 Å². The molecule has 0 amide bonds. The molecule has 3 heterocycles. The van der Waals surface area contributed by atoms with Gasteiger partial charge in [-0.05, 0) is 49.1 Å². The van der Waals surface area contributed by atoms with Crippen LogP contribution in [0.1, 0.15) is 37.8 Å². The lowest BCUT2D eigenvalue weighted by atomic mass is 10.1. The molecule has 0 spiro atoms. The molecule has 1 aromatic rings. The largest absolute Gasteiger partial charge is 0.370 e. The van der Waals surface area contributed by atoms with E-state index in [1.165, 1.54) is 55.8 Å². The smallest absolute Gasteiger partial charge is 0.201 e. The van der Waals surface area contributed by atoms with Gasteiger partial charge in [0.2, 0.25) is 5.36 Å². The van der Waals surface area contributed by atoms with Gasteiger partial charge in [0.25, 0.3) is 0 Å². The molecule has 1 aliphatic carbocycles. The van der Waals surface area contributed by atoms with Crippen molar-refractivity contribution in [3.63, 3.8) is 0 Å². The number of benzene rings is 2. The highest BCUT2D eigenvalue weighted by Gasteiger charge is 2.19. The van der Waals surface area contributed by atoms with Crippen molar-refractivity contribution in [1.82, 2.24) is 20.2 Å². The Morgan fingerprint density at radius 1 is 0.906 bits per heavy atom. The number of hydrogen-bond acceptors (Lipinski definition) is 5. The number of aryl methyl sites for hydroxylation is 2. The first-order valence-electron chi connectivity index (χ1n) is 12.4. The van der Waals surface area contributed by atoms with Crippen molar-refractivity contribution in [3.8, 4) is 10.6 Å². The molecule has 3 aliphatic heterocycles. The lowest BCUT2D eigenvalue weighted by Crippen LogP contribution is -2.33.